The topological polar surface area (TPSA) is 86.7 Å². The van der Waals surface area contributed by atoms with Crippen LogP contribution in [0.15, 0.2) is 17.5 Å². The van der Waals surface area contributed by atoms with Gasteiger partial charge in [-0.1, -0.05) is 6.07 Å². The Morgan fingerprint density at radius 3 is 2.90 bits per heavy atom. The second-order valence-corrected chi connectivity index (χ2v) is 5.87. The molecule has 1 atom stereocenters. The van der Waals surface area contributed by atoms with Crippen LogP contribution in [0.1, 0.15) is 35.4 Å². The fourth-order valence-corrected chi connectivity index (χ4v) is 3.07. The van der Waals surface area contributed by atoms with Crippen LogP contribution in [0.4, 0.5) is 0 Å². The maximum atomic E-state index is 12.3. The van der Waals surface area contributed by atoms with Crippen molar-refractivity contribution >= 4 is 29.1 Å². The number of carbonyl (C=O) groups excluding carboxylic acids is 2. The van der Waals surface area contributed by atoms with Crippen LogP contribution in [0.3, 0.4) is 0 Å². The van der Waals surface area contributed by atoms with Crippen molar-refractivity contribution in [2.24, 2.45) is 0 Å². The Morgan fingerprint density at radius 1 is 1.43 bits per heavy atom. The minimum absolute atomic E-state index is 0.0305. The highest BCUT2D eigenvalue weighted by Crippen LogP contribution is 2.22. The molecule has 1 fully saturated rings. The maximum absolute atomic E-state index is 12.3. The highest BCUT2D eigenvalue weighted by molar-refractivity contribution is 7.12. The molecule has 0 bridgehead atoms. The number of carbonyl (C=O) groups is 3. The smallest absolute Gasteiger partial charge is 0.303 e. The number of carboxylic acids is 1. The number of nitrogens with one attached hydrogen (secondary N) is 1. The standard InChI is InChI=1S/C14H18N2O4S/c17-12(18)6-1-7-15-13(19)10-4-2-8-16(10)14(20)11-5-3-9-21-11/h3,5,9-10H,1-2,4,6-8H2,(H,15,19)(H,17,18)/t10-/m0/s1. The third-order valence-electron chi connectivity index (χ3n) is 3.41. The molecule has 1 aliphatic rings. The van der Waals surface area contributed by atoms with Crippen molar-refractivity contribution in [3.63, 3.8) is 0 Å². The molecule has 0 saturated carbocycles. The zero-order valence-electron chi connectivity index (χ0n) is 11.6. The number of nitrogens with zero attached hydrogens (tertiary/aromatic N) is 1. The molecule has 0 radical (unpaired) electrons. The number of likely N-dealkylation sites (tertiary alicyclic amines) is 1. The quantitative estimate of drug-likeness (QED) is 0.776. The third-order valence-corrected chi connectivity index (χ3v) is 4.27. The van der Waals surface area contributed by atoms with E-state index in [9.17, 15) is 14.4 Å². The van der Waals surface area contributed by atoms with Crippen LogP contribution in [0, 0.1) is 0 Å². The highest BCUT2D eigenvalue weighted by atomic mass is 32.1. The molecule has 0 unspecified atom stereocenters. The Bertz CT molecular complexity index is 515. The first kappa shape index (κ1) is 15.5. The van der Waals surface area contributed by atoms with Crippen molar-refractivity contribution in [1.29, 1.82) is 0 Å². The molecule has 2 amide bonds. The van der Waals surface area contributed by atoms with Crippen molar-refractivity contribution in [3.05, 3.63) is 22.4 Å². The largest absolute Gasteiger partial charge is 0.481 e. The molecule has 0 aromatic carbocycles. The lowest BCUT2D eigenvalue weighted by molar-refractivity contribution is -0.137. The number of hydrogen-bond donors (Lipinski definition) is 2. The van der Waals surface area contributed by atoms with Crippen molar-refractivity contribution < 1.29 is 19.5 Å². The average molecular weight is 310 g/mol. The summed E-state index contributed by atoms with van der Waals surface area (Å²) >= 11 is 1.37. The van der Waals surface area contributed by atoms with Crippen LogP contribution >= 0.6 is 11.3 Å². The summed E-state index contributed by atoms with van der Waals surface area (Å²) in [5.41, 5.74) is 0. The molecule has 114 valence electrons. The summed E-state index contributed by atoms with van der Waals surface area (Å²) in [6.07, 6.45) is 1.89. The number of hydrogen-bond acceptors (Lipinski definition) is 4. The van der Waals surface area contributed by atoms with Crippen LogP contribution in [0.5, 0.6) is 0 Å². The molecule has 21 heavy (non-hydrogen) atoms. The predicted molar refractivity (Wildman–Crippen MR) is 78.3 cm³/mol. The van der Waals surface area contributed by atoms with Crippen LogP contribution in [-0.2, 0) is 9.59 Å². The van der Waals surface area contributed by atoms with Gasteiger partial charge >= 0.3 is 5.97 Å². The third kappa shape index (κ3) is 4.04. The number of amides is 2. The molecular formula is C14H18N2O4S. The molecule has 1 aliphatic heterocycles. The van der Waals surface area contributed by atoms with Gasteiger partial charge in [0, 0.05) is 19.5 Å². The number of aliphatic carboxylic acids is 1. The molecule has 0 aliphatic carbocycles. The number of carboxylic acid groups (broad SMARTS) is 1. The van der Waals surface area contributed by atoms with E-state index in [-0.39, 0.29) is 18.2 Å². The summed E-state index contributed by atoms with van der Waals surface area (Å²) in [5.74, 6) is -1.17. The van der Waals surface area contributed by atoms with Gasteiger partial charge < -0.3 is 15.3 Å². The van der Waals surface area contributed by atoms with E-state index in [0.717, 1.165) is 6.42 Å². The summed E-state index contributed by atoms with van der Waals surface area (Å²) in [6, 6.07) is 3.13. The van der Waals surface area contributed by atoms with Crippen molar-refractivity contribution in [2.75, 3.05) is 13.1 Å². The van der Waals surface area contributed by atoms with Gasteiger partial charge in [0.15, 0.2) is 0 Å². The van der Waals surface area contributed by atoms with Gasteiger partial charge in [0.05, 0.1) is 4.88 Å². The number of thiophene rings is 1. The van der Waals surface area contributed by atoms with Gasteiger partial charge in [-0.25, -0.2) is 0 Å². The molecule has 1 aromatic heterocycles. The van der Waals surface area contributed by atoms with E-state index in [1.807, 2.05) is 11.4 Å². The molecule has 1 saturated heterocycles. The average Bonchev–Trinajstić information content (AvgIpc) is 3.12. The summed E-state index contributed by atoms with van der Waals surface area (Å²) in [4.78, 5) is 37.1. The molecule has 2 N–H and O–H groups in total. The van der Waals surface area contributed by atoms with Crippen LogP contribution in [-0.4, -0.2) is 46.9 Å². The van der Waals surface area contributed by atoms with Gasteiger partial charge in [-0.2, -0.15) is 0 Å². The minimum Gasteiger partial charge on any atom is -0.481 e. The van der Waals surface area contributed by atoms with E-state index in [1.165, 1.54) is 11.3 Å². The molecule has 1 aromatic rings. The lowest BCUT2D eigenvalue weighted by atomic mass is 10.2. The van der Waals surface area contributed by atoms with Crippen LogP contribution < -0.4 is 5.32 Å². The Kier molecular flexibility index (Phi) is 5.32. The van der Waals surface area contributed by atoms with Gasteiger partial charge in [0.25, 0.3) is 5.91 Å². The van der Waals surface area contributed by atoms with Crippen molar-refractivity contribution in [3.8, 4) is 0 Å². The first-order valence-electron chi connectivity index (χ1n) is 6.93. The van der Waals surface area contributed by atoms with Crippen LogP contribution in [0.2, 0.25) is 0 Å². The van der Waals surface area contributed by atoms with Crippen molar-refractivity contribution in [2.45, 2.75) is 31.7 Å². The predicted octanol–water partition coefficient (Wildman–Crippen LogP) is 1.33. The van der Waals surface area contributed by atoms with E-state index >= 15 is 0 Å². The van der Waals surface area contributed by atoms with Gasteiger partial charge in [-0.05, 0) is 30.7 Å². The second kappa shape index (κ2) is 7.21. The normalized spacial score (nSPS) is 17.7. The Labute approximate surface area is 126 Å². The maximum Gasteiger partial charge on any atom is 0.303 e. The fourth-order valence-electron chi connectivity index (χ4n) is 2.39. The fraction of sp³-hybridized carbons (Fsp3) is 0.500. The molecule has 2 heterocycles. The lowest BCUT2D eigenvalue weighted by Gasteiger charge is -2.23. The summed E-state index contributed by atoms with van der Waals surface area (Å²) < 4.78 is 0. The Hall–Kier alpha value is -1.89. The van der Waals surface area contributed by atoms with Crippen molar-refractivity contribution in [1.82, 2.24) is 10.2 Å². The number of rotatable bonds is 6. The minimum atomic E-state index is -0.875. The highest BCUT2D eigenvalue weighted by Gasteiger charge is 2.34. The molecular weight excluding hydrogens is 292 g/mol. The van der Waals surface area contributed by atoms with Gasteiger partial charge in [0.1, 0.15) is 6.04 Å². The first-order chi connectivity index (χ1) is 10.1. The first-order valence-corrected chi connectivity index (χ1v) is 7.81. The van der Waals surface area contributed by atoms with E-state index in [1.54, 1.807) is 11.0 Å². The zero-order valence-corrected chi connectivity index (χ0v) is 12.4. The van der Waals surface area contributed by atoms with E-state index < -0.39 is 12.0 Å². The zero-order chi connectivity index (χ0) is 15.2. The van der Waals surface area contributed by atoms with Gasteiger partial charge in [0.2, 0.25) is 5.91 Å². The Balaban J connectivity index is 1.87. The van der Waals surface area contributed by atoms with Gasteiger partial charge in [-0.15, -0.1) is 11.3 Å². The molecule has 2 rings (SSSR count). The van der Waals surface area contributed by atoms with Crippen LogP contribution in [0.25, 0.3) is 0 Å². The second-order valence-electron chi connectivity index (χ2n) is 4.92. The summed E-state index contributed by atoms with van der Waals surface area (Å²) in [5, 5.41) is 13.1. The molecule has 0 spiro atoms. The Morgan fingerprint density at radius 2 is 2.24 bits per heavy atom. The lowest BCUT2D eigenvalue weighted by Crippen LogP contribution is -2.46. The van der Waals surface area contributed by atoms with E-state index in [2.05, 4.69) is 5.32 Å². The monoisotopic (exact) mass is 310 g/mol. The molecule has 6 nitrogen and oxygen atoms in total. The molecule has 7 heteroatoms. The summed E-state index contributed by atoms with van der Waals surface area (Å²) in [7, 11) is 0. The van der Waals surface area contributed by atoms with Gasteiger partial charge in [-0.3, -0.25) is 14.4 Å². The van der Waals surface area contributed by atoms with E-state index in [4.69, 9.17) is 5.11 Å². The van der Waals surface area contributed by atoms with E-state index in [0.29, 0.717) is 30.8 Å². The summed E-state index contributed by atoms with van der Waals surface area (Å²) in [6.45, 7) is 0.909. The SMILES string of the molecule is O=C(O)CCCNC(=O)[C@@H]1CCCN1C(=O)c1cccs1.